The molecule has 13 nitrogen and oxygen atoms in total. The van der Waals surface area contributed by atoms with Crippen molar-refractivity contribution in [2.24, 2.45) is 0 Å². The predicted octanol–water partition coefficient (Wildman–Crippen LogP) is 0.828. The number of carbonyl (C=O) groups is 1. The number of methoxy groups -OCH3 is 1. The Hall–Kier alpha value is -3.06. The van der Waals surface area contributed by atoms with Crippen molar-refractivity contribution in [2.45, 2.75) is 37.4 Å². The first-order chi connectivity index (χ1) is 16.7. The second-order valence-electron chi connectivity index (χ2n) is 7.85. The number of hydrogen-bond acceptors (Lipinski definition) is 11. The number of aliphatic hydroxyl groups excluding tert-OH is 2. The van der Waals surface area contributed by atoms with Gasteiger partial charge in [0, 0.05) is 0 Å². The number of nitrogens with one attached hydrogen (secondary N) is 1. The summed E-state index contributed by atoms with van der Waals surface area (Å²) in [5.74, 6) is -0.216. The highest BCUT2D eigenvalue weighted by Crippen LogP contribution is 2.46. The summed E-state index contributed by atoms with van der Waals surface area (Å²) >= 11 is 0. The molecule has 4 rings (SSSR count). The maximum absolute atomic E-state index is 13.5. The molecule has 0 saturated carbocycles. The lowest BCUT2D eigenvalue weighted by Crippen LogP contribution is -2.37. The van der Waals surface area contributed by atoms with Gasteiger partial charge in [-0.3, -0.25) is 9.32 Å². The van der Waals surface area contributed by atoms with Gasteiger partial charge in [0.05, 0.1) is 19.4 Å². The van der Waals surface area contributed by atoms with Gasteiger partial charge >= 0.3 is 13.7 Å². The number of nitrogens with two attached hydrogens (primary N) is 1. The van der Waals surface area contributed by atoms with Crippen LogP contribution >= 0.6 is 7.75 Å². The molecule has 0 aliphatic carbocycles. The van der Waals surface area contributed by atoms with Gasteiger partial charge in [-0.1, -0.05) is 18.2 Å². The second-order valence-corrected chi connectivity index (χ2v) is 9.54. The predicted molar refractivity (Wildman–Crippen MR) is 122 cm³/mol. The Bertz CT molecular complexity index is 1220. The zero-order valence-electron chi connectivity index (χ0n) is 18.9. The van der Waals surface area contributed by atoms with Crippen molar-refractivity contribution in [1.29, 1.82) is 0 Å². The maximum atomic E-state index is 13.5. The number of anilines is 1. The van der Waals surface area contributed by atoms with E-state index in [1.807, 2.05) is 0 Å². The van der Waals surface area contributed by atoms with Crippen molar-refractivity contribution < 1.29 is 38.1 Å². The SMILES string of the molecule is COC(=O)[C@H](C)N[P@](=O)(OC[C@H]1O[C@@H](c2ccc3c(N)ncnn23)[C@H](O)[C@@H]1O)Oc1ccccc1. The first-order valence-electron chi connectivity index (χ1n) is 10.7. The van der Waals surface area contributed by atoms with Gasteiger partial charge in [-0.25, -0.2) is 14.1 Å². The average molecular weight is 507 g/mol. The van der Waals surface area contributed by atoms with Crippen molar-refractivity contribution in [1.82, 2.24) is 19.7 Å². The van der Waals surface area contributed by atoms with Gasteiger partial charge in [-0.2, -0.15) is 10.2 Å². The van der Waals surface area contributed by atoms with Crippen LogP contribution in [0.3, 0.4) is 0 Å². The number of ether oxygens (including phenoxy) is 2. The van der Waals surface area contributed by atoms with Crippen molar-refractivity contribution >= 4 is 25.1 Å². The van der Waals surface area contributed by atoms with Crippen LogP contribution in [0.15, 0.2) is 48.8 Å². The first-order valence-corrected chi connectivity index (χ1v) is 12.2. The molecule has 2 aromatic heterocycles. The van der Waals surface area contributed by atoms with E-state index >= 15 is 0 Å². The van der Waals surface area contributed by atoms with Crippen LogP contribution in [0.25, 0.3) is 5.52 Å². The van der Waals surface area contributed by atoms with E-state index in [9.17, 15) is 19.6 Å². The lowest BCUT2D eigenvalue weighted by molar-refractivity contribution is -0.142. The molecule has 0 amide bonds. The van der Waals surface area contributed by atoms with Crippen molar-refractivity contribution in [3.63, 3.8) is 0 Å². The summed E-state index contributed by atoms with van der Waals surface area (Å²) < 4.78 is 36.5. The second kappa shape index (κ2) is 10.3. The summed E-state index contributed by atoms with van der Waals surface area (Å²) in [5, 5.41) is 27.9. The molecule has 1 aromatic carbocycles. The van der Waals surface area contributed by atoms with Crippen LogP contribution in [-0.4, -0.2) is 68.9 Å². The van der Waals surface area contributed by atoms with E-state index in [-0.39, 0.29) is 11.6 Å². The summed E-state index contributed by atoms with van der Waals surface area (Å²) in [5.41, 5.74) is 6.80. The number of benzene rings is 1. The van der Waals surface area contributed by atoms with Gasteiger partial charge in [0.15, 0.2) is 5.82 Å². The van der Waals surface area contributed by atoms with E-state index in [4.69, 9.17) is 19.5 Å². The Kier molecular flexibility index (Phi) is 7.36. The van der Waals surface area contributed by atoms with E-state index in [1.54, 1.807) is 42.5 Å². The minimum Gasteiger partial charge on any atom is -0.468 e. The van der Waals surface area contributed by atoms with Gasteiger partial charge in [0.25, 0.3) is 0 Å². The van der Waals surface area contributed by atoms with Gasteiger partial charge in [-0.15, -0.1) is 0 Å². The number of nitrogens with zero attached hydrogens (tertiary/aromatic N) is 3. The highest BCUT2D eigenvalue weighted by molar-refractivity contribution is 7.52. The molecule has 188 valence electrons. The molecule has 3 heterocycles. The van der Waals surface area contributed by atoms with Gasteiger partial charge in [-0.05, 0) is 31.2 Å². The van der Waals surface area contributed by atoms with Crippen LogP contribution in [0.2, 0.25) is 0 Å². The van der Waals surface area contributed by atoms with E-state index in [0.717, 1.165) is 0 Å². The summed E-state index contributed by atoms with van der Waals surface area (Å²) in [7, 11) is -2.96. The van der Waals surface area contributed by atoms with E-state index in [1.165, 1.54) is 24.9 Å². The normalized spacial score (nSPS) is 24.7. The molecule has 0 spiro atoms. The Morgan fingerprint density at radius 1 is 1.26 bits per heavy atom. The number of fused-ring (bicyclic) bond motifs is 1. The third-order valence-corrected chi connectivity index (χ3v) is 7.09. The minimum atomic E-state index is -4.15. The van der Waals surface area contributed by atoms with Crippen LogP contribution in [0.4, 0.5) is 5.82 Å². The fraction of sp³-hybridized carbons (Fsp3) is 0.381. The summed E-state index contributed by atoms with van der Waals surface area (Å²) in [6, 6.07) is 10.5. The molecule has 35 heavy (non-hydrogen) atoms. The first kappa shape index (κ1) is 25.0. The molecule has 0 radical (unpaired) electrons. The van der Waals surface area contributed by atoms with Crippen molar-refractivity contribution in [3.8, 4) is 5.75 Å². The molecule has 1 aliphatic rings. The lowest BCUT2D eigenvalue weighted by atomic mass is 10.1. The quantitative estimate of drug-likeness (QED) is 0.237. The molecule has 5 N–H and O–H groups in total. The highest BCUT2D eigenvalue weighted by Gasteiger charge is 2.46. The van der Waals surface area contributed by atoms with Crippen LogP contribution < -0.4 is 15.3 Å². The van der Waals surface area contributed by atoms with E-state index in [2.05, 4.69) is 19.9 Å². The molecule has 0 bridgehead atoms. The number of hydrogen-bond donors (Lipinski definition) is 4. The van der Waals surface area contributed by atoms with Crippen LogP contribution in [0.5, 0.6) is 5.75 Å². The maximum Gasteiger partial charge on any atom is 0.459 e. The number of aliphatic hydroxyl groups is 2. The Morgan fingerprint density at radius 2 is 2.00 bits per heavy atom. The minimum absolute atomic E-state index is 0.225. The van der Waals surface area contributed by atoms with Crippen LogP contribution in [0.1, 0.15) is 18.7 Å². The number of esters is 1. The largest absolute Gasteiger partial charge is 0.468 e. The molecule has 1 saturated heterocycles. The number of carbonyl (C=O) groups excluding carboxylic acids is 1. The molecule has 14 heteroatoms. The monoisotopic (exact) mass is 507 g/mol. The molecular weight excluding hydrogens is 481 g/mol. The number of para-hydroxylation sites is 1. The number of rotatable bonds is 9. The standard InChI is InChI=1S/C21H26N5O8P/c1-12(21(29)31-2)25-35(30,34-13-6-4-3-5-7-13)32-10-16-17(27)18(28)19(33-16)14-8-9-15-20(22)23-11-24-26(14)15/h3-9,11-12,16-19,27-28H,10H2,1-2H3,(H,25,30)(H2,22,23,24)/t12-,16+,17+,18+,19-,35-/m0/s1. The fourth-order valence-corrected chi connectivity index (χ4v) is 5.17. The van der Waals surface area contributed by atoms with Gasteiger partial charge in [0.2, 0.25) is 0 Å². The van der Waals surface area contributed by atoms with E-state index in [0.29, 0.717) is 11.2 Å². The van der Waals surface area contributed by atoms with E-state index < -0.39 is 50.8 Å². The molecule has 1 fully saturated rings. The van der Waals surface area contributed by atoms with Crippen LogP contribution in [-0.2, 0) is 23.4 Å². The molecule has 3 aromatic rings. The smallest absolute Gasteiger partial charge is 0.459 e. The molecule has 6 atom stereocenters. The van der Waals surface area contributed by atoms with Crippen molar-refractivity contribution in [2.75, 3.05) is 19.5 Å². The average Bonchev–Trinajstić information content (AvgIpc) is 3.39. The third kappa shape index (κ3) is 5.30. The zero-order chi connectivity index (χ0) is 25.2. The lowest BCUT2D eigenvalue weighted by Gasteiger charge is -2.24. The molecule has 1 aliphatic heterocycles. The van der Waals surface area contributed by atoms with Gasteiger partial charge < -0.3 is 29.9 Å². The Morgan fingerprint density at radius 3 is 2.71 bits per heavy atom. The Balaban J connectivity index is 1.51. The number of nitrogen functional groups attached to an aromatic ring is 1. The highest BCUT2D eigenvalue weighted by atomic mass is 31.2. The topological polar surface area (TPSA) is 180 Å². The zero-order valence-corrected chi connectivity index (χ0v) is 19.8. The molecule has 0 unspecified atom stereocenters. The van der Waals surface area contributed by atoms with Crippen LogP contribution in [0, 0.1) is 0 Å². The van der Waals surface area contributed by atoms with Gasteiger partial charge in [0.1, 0.15) is 48.1 Å². The summed E-state index contributed by atoms with van der Waals surface area (Å²) in [6.07, 6.45) is -3.52. The fourth-order valence-electron chi connectivity index (χ4n) is 3.67. The number of aromatic nitrogens is 3. The molecular formula is C21H26N5O8P. The third-order valence-electron chi connectivity index (χ3n) is 5.45. The van der Waals surface area contributed by atoms with Crippen molar-refractivity contribution in [3.05, 3.63) is 54.5 Å². The summed E-state index contributed by atoms with van der Waals surface area (Å²) in [6.45, 7) is 1.00. The Labute approximate surface area is 200 Å². The summed E-state index contributed by atoms with van der Waals surface area (Å²) in [4.78, 5) is 15.8.